The van der Waals surface area contributed by atoms with Crippen LogP contribution < -0.4 is 0 Å². The van der Waals surface area contributed by atoms with Crippen LogP contribution in [0.3, 0.4) is 0 Å². The van der Waals surface area contributed by atoms with E-state index in [1.807, 2.05) is 7.05 Å². The summed E-state index contributed by atoms with van der Waals surface area (Å²) in [5.41, 5.74) is 1.12. The number of likely N-dealkylation sites (N-methyl/N-ethyl adjacent to an activating group) is 1. The van der Waals surface area contributed by atoms with Crippen molar-refractivity contribution in [1.82, 2.24) is 4.90 Å². The van der Waals surface area contributed by atoms with Gasteiger partial charge in [-0.1, -0.05) is 12.1 Å². The molecule has 0 spiro atoms. The normalized spacial score (nSPS) is 10.8. The van der Waals surface area contributed by atoms with Gasteiger partial charge in [0, 0.05) is 13.0 Å². The molecule has 0 aliphatic heterocycles. The van der Waals surface area contributed by atoms with E-state index in [-0.39, 0.29) is 12.2 Å². The van der Waals surface area contributed by atoms with Gasteiger partial charge in [-0.2, -0.15) is 0 Å². The van der Waals surface area contributed by atoms with Gasteiger partial charge in [-0.15, -0.1) is 0 Å². The number of rotatable bonds is 8. The van der Waals surface area contributed by atoms with Crippen LogP contribution in [0.4, 0.5) is 4.39 Å². The summed E-state index contributed by atoms with van der Waals surface area (Å²) in [5.74, 6) is -0.940. The highest BCUT2D eigenvalue weighted by Crippen LogP contribution is 2.05. The third-order valence-corrected chi connectivity index (χ3v) is 2.88. The summed E-state index contributed by atoms with van der Waals surface area (Å²) < 4.78 is 12.7. The van der Waals surface area contributed by atoms with Gasteiger partial charge in [0.2, 0.25) is 0 Å². The zero-order valence-electron chi connectivity index (χ0n) is 10.7. The van der Waals surface area contributed by atoms with Crippen molar-refractivity contribution in [3.63, 3.8) is 0 Å². The lowest BCUT2D eigenvalue weighted by molar-refractivity contribution is -0.137. The monoisotopic (exact) mass is 253 g/mol. The number of carboxylic acid groups (broad SMARTS) is 1. The van der Waals surface area contributed by atoms with Crippen molar-refractivity contribution in [2.45, 2.75) is 25.7 Å². The lowest BCUT2D eigenvalue weighted by Crippen LogP contribution is -2.22. The Labute approximate surface area is 107 Å². The van der Waals surface area contributed by atoms with Crippen LogP contribution in [0.15, 0.2) is 24.3 Å². The van der Waals surface area contributed by atoms with Crippen LogP contribution >= 0.6 is 0 Å². The van der Waals surface area contributed by atoms with Crippen molar-refractivity contribution in [1.29, 1.82) is 0 Å². The number of aliphatic carboxylic acids is 1. The number of unbranched alkanes of at least 4 members (excludes halogenated alkanes) is 1. The maximum atomic E-state index is 12.7. The van der Waals surface area contributed by atoms with Crippen molar-refractivity contribution in [3.05, 3.63) is 35.6 Å². The molecule has 1 aromatic carbocycles. The molecule has 1 aromatic rings. The average molecular weight is 253 g/mol. The number of halogens is 1. The van der Waals surface area contributed by atoms with E-state index in [4.69, 9.17) is 5.11 Å². The molecular formula is C14H20FNO2. The van der Waals surface area contributed by atoms with Gasteiger partial charge in [-0.3, -0.25) is 4.79 Å². The van der Waals surface area contributed by atoms with Gasteiger partial charge in [0.15, 0.2) is 0 Å². The molecule has 0 bridgehead atoms. The third kappa shape index (κ3) is 6.35. The quantitative estimate of drug-likeness (QED) is 0.724. The summed E-state index contributed by atoms with van der Waals surface area (Å²) in [4.78, 5) is 12.5. The highest BCUT2D eigenvalue weighted by Gasteiger charge is 2.01. The smallest absolute Gasteiger partial charge is 0.303 e. The molecule has 0 saturated heterocycles. The summed E-state index contributed by atoms with van der Waals surface area (Å²) in [7, 11) is 2.02. The molecule has 0 aromatic heterocycles. The Balaban J connectivity index is 2.14. The Hall–Kier alpha value is -1.42. The number of carboxylic acids is 1. The molecule has 0 aliphatic carbocycles. The van der Waals surface area contributed by atoms with Crippen LogP contribution in [0, 0.1) is 5.82 Å². The average Bonchev–Trinajstić information content (AvgIpc) is 2.34. The van der Waals surface area contributed by atoms with Crippen LogP contribution in [0.2, 0.25) is 0 Å². The highest BCUT2D eigenvalue weighted by atomic mass is 19.1. The molecule has 3 nitrogen and oxygen atoms in total. The molecule has 1 rings (SSSR count). The fourth-order valence-corrected chi connectivity index (χ4v) is 1.74. The second-order valence-corrected chi connectivity index (χ2v) is 4.53. The second-order valence-electron chi connectivity index (χ2n) is 4.53. The van der Waals surface area contributed by atoms with Crippen molar-refractivity contribution < 1.29 is 14.3 Å². The number of hydrogen-bond donors (Lipinski definition) is 1. The molecule has 18 heavy (non-hydrogen) atoms. The first-order chi connectivity index (χ1) is 8.58. The maximum absolute atomic E-state index is 12.7. The molecule has 100 valence electrons. The van der Waals surface area contributed by atoms with E-state index in [9.17, 15) is 9.18 Å². The largest absolute Gasteiger partial charge is 0.481 e. The molecule has 0 heterocycles. The fraction of sp³-hybridized carbons (Fsp3) is 0.500. The van der Waals surface area contributed by atoms with E-state index in [1.165, 1.54) is 12.1 Å². The Kier molecular flexibility index (Phi) is 6.36. The molecule has 0 fully saturated rings. The van der Waals surface area contributed by atoms with E-state index >= 15 is 0 Å². The second kappa shape index (κ2) is 7.82. The Morgan fingerprint density at radius 3 is 2.50 bits per heavy atom. The molecular weight excluding hydrogens is 233 g/mol. The first-order valence-electron chi connectivity index (χ1n) is 6.22. The van der Waals surface area contributed by atoms with Crippen LogP contribution in [-0.2, 0) is 11.2 Å². The predicted octanol–water partition coefficient (Wildman–Crippen LogP) is 2.55. The first kappa shape index (κ1) is 14.6. The van der Waals surface area contributed by atoms with Gasteiger partial charge in [0.05, 0.1) is 0 Å². The molecule has 1 N–H and O–H groups in total. The number of nitrogens with zero attached hydrogens (tertiary/aromatic N) is 1. The molecule has 0 radical (unpaired) electrons. The Morgan fingerprint density at radius 1 is 1.22 bits per heavy atom. The summed E-state index contributed by atoms with van der Waals surface area (Å²) in [6.45, 7) is 1.80. The Morgan fingerprint density at radius 2 is 1.89 bits per heavy atom. The molecule has 0 aliphatic rings. The molecule has 0 unspecified atom stereocenters. The van der Waals surface area contributed by atoms with Crippen LogP contribution in [0.25, 0.3) is 0 Å². The van der Waals surface area contributed by atoms with Crippen molar-refractivity contribution >= 4 is 5.97 Å². The lowest BCUT2D eigenvalue weighted by Gasteiger charge is -2.16. The lowest BCUT2D eigenvalue weighted by atomic mass is 10.1. The van der Waals surface area contributed by atoms with E-state index in [0.717, 1.165) is 37.9 Å². The number of hydrogen-bond acceptors (Lipinski definition) is 2. The summed E-state index contributed by atoms with van der Waals surface area (Å²) >= 11 is 0. The topological polar surface area (TPSA) is 40.5 Å². The van der Waals surface area contributed by atoms with Crippen LogP contribution in [0.1, 0.15) is 24.8 Å². The van der Waals surface area contributed by atoms with E-state index in [2.05, 4.69) is 4.90 Å². The van der Waals surface area contributed by atoms with E-state index in [0.29, 0.717) is 0 Å². The van der Waals surface area contributed by atoms with Gasteiger partial charge >= 0.3 is 5.97 Å². The predicted molar refractivity (Wildman–Crippen MR) is 69.1 cm³/mol. The molecule has 0 atom stereocenters. The number of benzene rings is 1. The van der Waals surface area contributed by atoms with Gasteiger partial charge in [0.25, 0.3) is 0 Å². The van der Waals surface area contributed by atoms with Crippen molar-refractivity contribution in [2.75, 3.05) is 20.1 Å². The molecule has 0 saturated carbocycles. The summed E-state index contributed by atoms with van der Waals surface area (Å²) in [6.07, 6.45) is 2.74. The highest BCUT2D eigenvalue weighted by molar-refractivity contribution is 5.66. The van der Waals surface area contributed by atoms with Crippen LogP contribution in [-0.4, -0.2) is 36.1 Å². The third-order valence-electron chi connectivity index (χ3n) is 2.88. The van der Waals surface area contributed by atoms with Crippen LogP contribution in [0.5, 0.6) is 0 Å². The van der Waals surface area contributed by atoms with E-state index < -0.39 is 5.97 Å². The minimum Gasteiger partial charge on any atom is -0.481 e. The SMILES string of the molecule is CN(CCCCC(=O)O)CCc1ccc(F)cc1. The fourth-order valence-electron chi connectivity index (χ4n) is 1.74. The Bertz CT molecular complexity index is 365. The van der Waals surface area contributed by atoms with Crippen molar-refractivity contribution in [3.8, 4) is 0 Å². The minimum atomic E-state index is -0.732. The maximum Gasteiger partial charge on any atom is 0.303 e. The van der Waals surface area contributed by atoms with Crippen molar-refractivity contribution in [2.24, 2.45) is 0 Å². The minimum absolute atomic E-state index is 0.208. The van der Waals surface area contributed by atoms with Gasteiger partial charge in [-0.05, 0) is 50.6 Å². The zero-order valence-corrected chi connectivity index (χ0v) is 10.7. The van der Waals surface area contributed by atoms with Gasteiger partial charge < -0.3 is 10.0 Å². The summed E-state index contributed by atoms with van der Waals surface area (Å²) in [6, 6.07) is 6.55. The molecule has 4 heteroatoms. The molecule has 0 amide bonds. The zero-order chi connectivity index (χ0) is 13.4. The van der Waals surface area contributed by atoms with Gasteiger partial charge in [0.1, 0.15) is 5.82 Å². The van der Waals surface area contributed by atoms with Gasteiger partial charge in [-0.25, -0.2) is 4.39 Å². The summed E-state index contributed by atoms with van der Waals surface area (Å²) in [5, 5.41) is 8.51. The standard InChI is InChI=1S/C14H20FNO2/c1-16(10-3-2-4-14(17)18)11-9-12-5-7-13(15)8-6-12/h5-8H,2-4,9-11H2,1H3,(H,17,18). The first-order valence-corrected chi connectivity index (χ1v) is 6.22. The van der Waals surface area contributed by atoms with E-state index in [1.54, 1.807) is 12.1 Å². The number of carbonyl (C=O) groups is 1.